The molecule has 2 N–H and O–H groups in total. The molecule has 3 nitrogen and oxygen atoms in total. The van der Waals surface area contributed by atoms with E-state index in [4.69, 9.17) is 23.2 Å². The molecule has 0 aromatic heterocycles. The highest BCUT2D eigenvalue weighted by molar-refractivity contribution is 6.40. The van der Waals surface area contributed by atoms with Crippen molar-refractivity contribution in [3.63, 3.8) is 0 Å². The van der Waals surface area contributed by atoms with Gasteiger partial charge >= 0.3 is 0 Å². The second kappa shape index (κ2) is 6.99. The number of carbonyl (C=O) groups is 1. The summed E-state index contributed by atoms with van der Waals surface area (Å²) in [5, 5.41) is 7.31. The molecule has 0 radical (unpaired) electrons. The number of amides is 1. The van der Waals surface area contributed by atoms with E-state index in [-0.39, 0.29) is 11.3 Å². The topological polar surface area (TPSA) is 41.1 Å². The normalized spacial score (nSPS) is 22.1. The average molecular weight is 329 g/mol. The standard InChI is InChI=1S/C16H22Cl2N2O/c1-3-7-16(8-4-9-19-10-16)15(21)20-14-12(17)6-5-11(2)13(14)18/h5-6,19H,3-4,7-10H2,1-2H3,(H,20,21). The largest absolute Gasteiger partial charge is 0.323 e. The molecule has 1 aliphatic rings. The second-order valence-corrected chi connectivity index (χ2v) is 6.60. The van der Waals surface area contributed by atoms with Crippen LogP contribution in [0.3, 0.4) is 0 Å². The third kappa shape index (κ3) is 3.53. The first kappa shape index (κ1) is 16.6. The third-order valence-corrected chi connectivity index (χ3v) is 5.01. The Kier molecular flexibility index (Phi) is 5.53. The number of anilines is 1. The summed E-state index contributed by atoms with van der Waals surface area (Å²) in [7, 11) is 0. The van der Waals surface area contributed by atoms with E-state index >= 15 is 0 Å². The van der Waals surface area contributed by atoms with Gasteiger partial charge in [-0.3, -0.25) is 4.79 Å². The van der Waals surface area contributed by atoms with Crippen LogP contribution in [0.25, 0.3) is 0 Å². The molecule has 1 atom stereocenters. The van der Waals surface area contributed by atoms with Crippen LogP contribution in [0.5, 0.6) is 0 Å². The summed E-state index contributed by atoms with van der Waals surface area (Å²) < 4.78 is 0. The first-order valence-electron chi connectivity index (χ1n) is 7.47. The van der Waals surface area contributed by atoms with Crippen molar-refractivity contribution in [2.45, 2.75) is 39.5 Å². The van der Waals surface area contributed by atoms with E-state index in [0.29, 0.717) is 22.3 Å². The van der Waals surface area contributed by atoms with Crippen molar-refractivity contribution < 1.29 is 4.79 Å². The van der Waals surface area contributed by atoms with Crippen molar-refractivity contribution >= 4 is 34.8 Å². The molecule has 0 bridgehead atoms. The molecule has 0 saturated carbocycles. The van der Waals surface area contributed by atoms with Gasteiger partial charge in [0.1, 0.15) is 0 Å². The predicted octanol–water partition coefficient (Wildman–Crippen LogP) is 4.41. The van der Waals surface area contributed by atoms with Gasteiger partial charge in [0.25, 0.3) is 0 Å². The number of hydrogen-bond donors (Lipinski definition) is 2. The maximum Gasteiger partial charge on any atom is 0.231 e. The molecular weight excluding hydrogens is 307 g/mol. The lowest BCUT2D eigenvalue weighted by Gasteiger charge is -2.36. The fourth-order valence-electron chi connectivity index (χ4n) is 2.98. The van der Waals surface area contributed by atoms with Crippen molar-refractivity contribution in [3.05, 3.63) is 27.7 Å². The van der Waals surface area contributed by atoms with Crippen LogP contribution in [0.4, 0.5) is 5.69 Å². The Morgan fingerprint density at radius 2 is 2.19 bits per heavy atom. The zero-order valence-electron chi connectivity index (χ0n) is 12.6. The molecular formula is C16H22Cl2N2O. The number of piperidine rings is 1. The van der Waals surface area contributed by atoms with E-state index in [2.05, 4.69) is 17.6 Å². The molecule has 116 valence electrons. The van der Waals surface area contributed by atoms with Crippen LogP contribution >= 0.6 is 23.2 Å². The Morgan fingerprint density at radius 3 is 2.81 bits per heavy atom. The Morgan fingerprint density at radius 1 is 1.43 bits per heavy atom. The van der Waals surface area contributed by atoms with E-state index < -0.39 is 0 Å². The number of nitrogens with one attached hydrogen (secondary N) is 2. The predicted molar refractivity (Wildman–Crippen MR) is 89.3 cm³/mol. The molecule has 5 heteroatoms. The smallest absolute Gasteiger partial charge is 0.231 e. The van der Waals surface area contributed by atoms with E-state index in [1.165, 1.54) is 0 Å². The van der Waals surface area contributed by atoms with E-state index in [1.54, 1.807) is 6.07 Å². The van der Waals surface area contributed by atoms with Crippen molar-refractivity contribution in [3.8, 4) is 0 Å². The number of halogens is 2. The molecule has 1 unspecified atom stereocenters. The highest BCUT2D eigenvalue weighted by Crippen LogP contribution is 2.37. The van der Waals surface area contributed by atoms with Gasteiger partial charge in [0.2, 0.25) is 5.91 Å². The molecule has 0 spiro atoms. The van der Waals surface area contributed by atoms with Gasteiger partial charge in [-0.05, 0) is 44.4 Å². The van der Waals surface area contributed by atoms with Gasteiger partial charge in [0, 0.05) is 6.54 Å². The van der Waals surface area contributed by atoms with Gasteiger partial charge in [0.15, 0.2) is 0 Å². The molecule has 21 heavy (non-hydrogen) atoms. The minimum absolute atomic E-state index is 0.0194. The number of carbonyl (C=O) groups excluding carboxylic acids is 1. The van der Waals surface area contributed by atoms with E-state index in [1.807, 2.05) is 13.0 Å². The van der Waals surface area contributed by atoms with Crippen molar-refractivity contribution in [1.82, 2.24) is 5.32 Å². The Bertz CT molecular complexity index is 520. The van der Waals surface area contributed by atoms with Crippen LogP contribution in [-0.2, 0) is 4.79 Å². The summed E-state index contributed by atoms with van der Waals surface area (Å²) >= 11 is 12.5. The molecule has 1 saturated heterocycles. The van der Waals surface area contributed by atoms with Gasteiger partial charge in [-0.25, -0.2) is 0 Å². The monoisotopic (exact) mass is 328 g/mol. The molecule has 2 rings (SSSR count). The van der Waals surface area contributed by atoms with Crippen molar-refractivity contribution in [2.24, 2.45) is 5.41 Å². The van der Waals surface area contributed by atoms with Crippen LogP contribution < -0.4 is 10.6 Å². The molecule has 1 aromatic carbocycles. The maximum absolute atomic E-state index is 12.8. The molecule has 1 amide bonds. The zero-order chi connectivity index (χ0) is 15.5. The minimum atomic E-state index is -0.358. The van der Waals surface area contributed by atoms with Crippen LogP contribution in [0, 0.1) is 12.3 Å². The summed E-state index contributed by atoms with van der Waals surface area (Å²) in [5.41, 5.74) is 1.08. The van der Waals surface area contributed by atoms with Crippen LogP contribution in [0.1, 0.15) is 38.2 Å². The van der Waals surface area contributed by atoms with Crippen LogP contribution in [-0.4, -0.2) is 19.0 Å². The first-order chi connectivity index (χ1) is 10.00. The summed E-state index contributed by atoms with van der Waals surface area (Å²) in [6.45, 7) is 5.70. The molecule has 1 aliphatic heterocycles. The Labute approximate surface area is 136 Å². The lowest BCUT2D eigenvalue weighted by molar-refractivity contribution is -0.127. The second-order valence-electron chi connectivity index (χ2n) is 5.82. The van der Waals surface area contributed by atoms with Crippen molar-refractivity contribution in [1.29, 1.82) is 0 Å². The van der Waals surface area contributed by atoms with Gasteiger partial charge in [-0.1, -0.05) is 42.6 Å². The fourth-order valence-corrected chi connectivity index (χ4v) is 3.45. The lowest BCUT2D eigenvalue weighted by atomic mass is 9.76. The summed E-state index contributed by atoms with van der Waals surface area (Å²) in [4.78, 5) is 12.8. The highest BCUT2D eigenvalue weighted by Gasteiger charge is 2.39. The molecule has 1 fully saturated rings. The average Bonchev–Trinajstić information content (AvgIpc) is 2.48. The number of hydrogen-bond acceptors (Lipinski definition) is 2. The van der Waals surface area contributed by atoms with Gasteiger partial charge in [-0.2, -0.15) is 0 Å². The third-order valence-electron chi connectivity index (χ3n) is 4.21. The lowest BCUT2D eigenvalue weighted by Crippen LogP contribution is -2.48. The van der Waals surface area contributed by atoms with Crippen LogP contribution in [0.2, 0.25) is 10.0 Å². The summed E-state index contributed by atoms with van der Waals surface area (Å²) in [6, 6.07) is 3.62. The van der Waals surface area contributed by atoms with Crippen LogP contribution in [0.15, 0.2) is 12.1 Å². The molecule has 1 aromatic rings. The Balaban J connectivity index is 2.25. The fraction of sp³-hybridized carbons (Fsp3) is 0.562. The number of rotatable bonds is 4. The SMILES string of the molecule is CCCC1(C(=O)Nc2c(Cl)ccc(C)c2Cl)CCCNC1. The zero-order valence-corrected chi connectivity index (χ0v) is 14.1. The van der Waals surface area contributed by atoms with Crippen molar-refractivity contribution in [2.75, 3.05) is 18.4 Å². The number of benzene rings is 1. The van der Waals surface area contributed by atoms with Gasteiger partial charge < -0.3 is 10.6 Å². The van der Waals surface area contributed by atoms with E-state index in [9.17, 15) is 4.79 Å². The number of aryl methyl sites for hydroxylation is 1. The van der Waals surface area contributed by atoms with Gasteiger partial charge in [0.05, 0.1) is 21.1 Å². The van der Waals surface area contributed by atoms with E-state index in [0.717, 1.165) is 37.8 Å². The Hall–Kier alpha value is -0.770. The van der Waals surface area contributed by atoms with Gasteiger partial charge in [-0.15, -0.1) is 0 Å². The molecule has 1 heterocycles. The summed E-state index contributed by atoms with van der Waals surface area (Å²) in [5.74, 6) is 0.0194. The summed E-state index contributed by atoms with van der Waals surface area (Å²) in [6.07, 6.45) is 3.76. The maximum atomic E-state index is 12.8. The quantitative estimate of drug-likeness (QED) is 0.859. The minimum Gasteiger partial charge on any atom is -0.323 e. The molecule has 0 aliphatic carbocycles. The highest BCUT2D eigenvalue weighted by atomic mass is 35.5. The first-order valence-corrected chi connectivity index (χ1v) is 8.22.